The molecule has 0 heterocycles. The van der Waals surface area contributed by atoms with Crippen molar-refractivity contribution in [2.75, 3.05) is 79.3 Å². The van der Waals surface area contributed by atoms with E-state index < -0.39 is 0 Å². The molecule has 8 nitrogen and oxygen atoms in total. The molecule has 0 bridgehead atoms. The van der Waals surface area contributed by atoms with Gasteiger partial charge in [-0.15, -0.1) is 0 Å². The minimum absolute atomic E-state index is 0. The van der Waals surface area contributed by atoms with Crippen LogP contribution in [-0.4, -0.2) is 96.8 Å². The fourth-order valence-corrected chi connectivity index (χ4v) is 2.80. The Balaban J connectivity index is -0.000000157. The fourth-order valence-electron chi connectivity index (χ4n) is 2.13. The summed E-state index contributed by atoms with van der Waals surface area (Å²) in [6.45, 7) is 15.9. The first-order valence-corrected chi connectivity index (χ1v) is 18.0. The summed E-state index contributed by atoms with van der Waals surface area (Å²) in [5.41, 5.74) is 0. The second-order valence-electron chi connectivity index (χ2n) is 8.26. The molecular formula is C28H52O8PtS8. The predicted octanol–water partition coefficient (Wildman–Crippen LogP) is 6.60. The van der Waals surface area contributed by atoms with Crippen LogP contribution in [0.2, 0.25) is 0 Å². The van der Waals surface area contributed by atoms with Gasteiger partial charge in [-0.25, -0.2) is 0 Å². The molecule has 0 fully saturated rings. The average molecular weight is 968 g/mol. The van der Waals surface area contributed by atoms with Gasteiger partial charge < -0.3 is 137 Å². The van der Waals surface area contributed by atoms with E-state index in [1.807, 2.05) is 0 Å². The average Bonchev–Trinajstić information content (AvgIpc) is 2.97. The maximum Gasteiger partial charge on any atom is 4.00 e. The Morgan fingerprint density at radius 2 is 0.533 bits per heavy atom. The van der Waals surface area contributed by atoms with Crippen LogP contribution in [0.15, 0.2) is 0 Å². The SMILES string of the molecule is CCCCOCCOC(=S)[S-].CCCCOCCOC(=S)[S-].CCCCOCCOC(=S)[S-].CCCCOCCOC(=S)[S-].[Pt+4]. The van der Waals surface area contributed by atoms with Gasteiger partial charge in [-0.3, -0.25) is 0 Å². The van der Waals surface area contributed by atoms with Crippen molar-refractivity contribution in [3.05, 3.63) is 0 Å². The number of hydrogen-bond donors (Lipinski definition) is 0. The topological polar surface area (TPSA) is 73.8 Å². The summed E-state index contributed by atoms with van der Waals surface area (Å²) < 4.78 is 40.8. The van der Waals surface area contributed by atoms with Gasteiger partial charge in [0.25, 0.3) is 0 Å². The quantitative estimate of drug-likeness (QED) is 0.0592. The maximum atomic E-state index is 5.19. The molecule has 270 valence electrons. The Hall–Kier alpha value is 0.968. The van der Waals surface area contributed by atoms with E-state index in [1.54, 1.807) is 0 Å². The molecule has 0 aliphatic carbocycles. The molecule has 0 aliphatic heterocycles. The minimum Gasteiger partial charge on any atom is -0.511 e. The zero-order valence-electron chi connectivity index (χ0n) is 27.0. The van der Waals surface area contributed by atoms with E-state index in [-0.39, 0.29) is 38.6 Å². The zero-order chi connectivity index (χ0) is 34.1. The standard InChI is InChI=1S/4C7H14O2S2.Pt/c4*1-2-3-4-8-5-6-9-7(10)11;/h4*2-6H2,1H3,(H,10,11);/q;;;;+4/p-4. The molecule has 0 aromatic carbocycles. The van der Waals surface area contributed by atoms with Gasteiger partial charge in [0.05, 0.1) is 26.4 Å². The zero-order valence-corrected chi connectivity index (χ0v) is 35.8. The molecule has 0 aliphatic rings. The van der Waals surface area contributed by atoms with Gasteiger partial charge in [0.1, 0.15) is 26.4 Å². The van der Waals surface area contributed by atoms with Crippen LogP contribution in [0.4, 0.5) is 0 Å². The van der Waals surface area contributed by atoms with Gasteiger partial charge in [0.15, 0.2) is 0 Å². The smallest absolute Gasteiger partial charge is 0.511 e. The minimum atomic E-state index is 0. The molecule has 0 saturated heterocycles. The van der Waals surface area contributed by atoms with E-state index >= 15 is 0 Å². The molecule has 0 rings (SSSR count). The van der Waals surface area contributed by atoms with Crippen LogP contribution in [0.1, 0.15) is 79.1 Å². The van der Waals surface area contributed by atoms with Crippen molar-refractivity contribution in [2.24, 2.45) is 0 Å². The van der Waals surface area contributed by atoms with Crippen LogP contribution in [0.25, 0.3) is 0 Å². The molecule has 0 saturated carbocycles. The molecule has 17 heteroatoms. The summed E-state index contributed by atoms with van der Waals surface area (Å²) in [7, 11) is 0. The van der Waals surface area contributed by atoms with Crippen LogP contribution >= 0.6 is 48.9 Å². The Kier molecular flexibility index (Phi) is 63.7. The number of rotatable bonds is 24. The van der Waals surface area contributed by atoms with Crippen molar-refractivity contribution in [1.29, 1.82) is 0 Å². The first-order valence-electron chi connectivity index (χ1n) is 14.7. The Morgan fingerprint density at radius 3 is 0.667 bits per heavy atom. The third-order valence-corrected chi connectivity index (χ3v) is 5.30. The van der Waals surface area contributed by atoms with E-state index in [9.17, 15) is 0 Å². The number of thiocarbonyl (C=S) groups is 4. The molecule has 45 heavy (non-hydrogen) atoms. The van der Waals surface area contributed by atoms with E-state index in [2.05, 4.69) is 127 Å². The van der Waals surface area contributed by atoms with Crippen molar-refractivity contribution < 1.29 is 59.0 Å². The first kappa shape index (κ1) is 55.4. The van der Waals surface area contributed by atoms with Crippen LogP contribution < -0.4 is 0 Å². The predicted molar refractivity (Wildman–Crippen MR) is 207 cm³/mol. The summed E-state index contributed by atoms with van der Waals surface area (Å²) in [5.74, 6) is 0. The third kappa shape index (κ3) is 76.4. The van der Waals surface area contributed by atoms with Crippen molar-refractivity contribution in [1.82, 2.24) is 0 Å². The van der Waals surface area contributed by atoms with Crippen LogP contribution in [0.3, 0.4) is 0 Å². The van der Waals surface area contributed by atoms with E-state index in [0.717, 1.165) is 77.8 Å². The number of ether oxygens (including phenoxy) is 8. The van der Waals surface area contributed by atoms with Crippen LogP contribution in [0, 0.1) is 0 Å². The van der Waals surface area contributed by atoms with Crippen LogP contribution in [0.5, 0.6) is 0 Å². The summed E-state index contributed by atoms with van der Waals surface area (Å²) in [5, 5.41) is 0. The Bertz CT molecular complexity index is 537. The number of hydrogen-bond acceptors (Lipinski definition) is 16. The van der Waals surface area contributed by atoms with E-state index in [4.69, 9.17) is 37.9 Å². The maximum absolute atomic E-state index is 5.19. The van der Waals surface area contributed by atoms with Gasteiger partial charge in [0.2, 0.25) is 0 Å². The summed E-state index contributed by atoms with van der Waals surface area (Å²) in [6, 6.07) is 0. The largest absolute Gasteiger partial charge is 4.00 e. The second-order valence-corrected chi connectivity index (χ2v) is 12.3. The molecule has 0 spiro atoms. The molecule has 0 aromatic rings. The summed E-state index contributed by atoms with van der Waals surface area (Å²) >= 11 is 36.3. The summed E-state index contributed by atoms with van der Waals surface area (Å²) in [6.07, 6.45) is 8.99. The normalized spacial score (nSPS) is 9.33. The monoisotopic (exact) mass is 967 g/mol. The van der Waals surface area contributed by atoms with E-state index in [0.29, 0.717) is 52.9 Å². The van der Waals surface area contributed by atoms with E-state index in [1.165, 1.54) is 0 Å². The summed E-state index contributed by atoms with van der Waals surface area (Å²) in [4.78, 5) is 0. The van der Waals surface area contributed by atoms with Gasteiger partial charge in [-0.2, -0.15) is 0 Å². The molecule has 0 aromatic heterocycles. The van der Waals surface area contributed by atoms with Crippen LogP contribution in [-0.2, 0) is 109 Å². The van der Waals surface area contributed by atoms with Crippen molar-refractivity contribution in [2.45, 2.75) is 79.1 Å². The first-order chi connectivity index (χ1) is 21.1. The van der Waals surface area contributed by atoms with Crippen molar-refractivity contribution in [3.8, 4) is 0 Å². The molecule has 0 atom stereocenters. The Labute approximate surface area is 331 Å². The molecule has 0 N–H and O–H groups in total. The van der Waals surface area contributed by atoms with Gasteiger partial charge in [-0.05, 0) is 25.7 Å². The fraction of sp³-hybridized carbons (Fsp3) is 0.857. The molecule has 0 unspecified atom stereocenters. The Morgan fingerprint density at radius 1 is 0.356 bits per heavy atom. The second kappa shape index (κ2) is 51.8. The molecule has 0 amide bonds. The third-order valence-electron chi connectivity index (χ3n) is 4.36. The number of unbranched alkanes of at least 4 members (excludes halogenated alkanes) is 4. The molecular weight excluding hydrogens is 916 g/mol. The van der Waals surface area contributed by atoms with Crippen molar-refractivity contribution in [3.63, 3.8) is 0 Å². The van der Waals surface area contributed by atoms with Gasteiger partial charge in [0, 0.05) is 44.0 Å². The van der Waals surface area contributed by atoms with Gasteiger partial charge in [-0.1, -0.05) is 53.4 Å². The van der Waals surface area contributed by atoms with Crippen molar-refractivity contribution >= 4 is 117 Å². The van der Waals surface area contributed by atoms with Gasteiger partial charge >= 0.3 is 21.1 Å². The molecule has 0 radical (unpaired) electrons.